The van der Waals surface area contributed by atoms with E-state index in [2.05, 4.69) is 15.7 Å². The normalized spacial score (nSPS) is 26.7. The van der Waals surface area contributed by atoms with Crippen molar-refractivity contribution >= 4 is 11.8 Å². The summed E-state index contributed by atoms with van der Waals surface area (Å²) in [5.74, 6) is -1.71. The van der Waals surface area contributed by atoms with Crippen LogP contribution in [0.15, 0.2) is 48.7 Å². The summed E-state index contributed by atoms with van der Waals surface area (Å²) in [6.07, 6.45) is 2.22. The molecule has 4 heterocycles. The van der Waals surface area contributed by atoms with Gasteiger partial charge in [0.05, 0.1) is 36.1 Å². The van der Waals surface area contributed by atoms with Crippen molar-refractivity contribution in [3.05, 3.63) is 71.6 Å². The van der Waals surface area contributed by atoms with Crippen molar-refractivity contribution in [3.63, 3.8) is 0 Å². The van der Waals surface area contributed by atoms with Gasteiger partial charge in [0.25, 0.3) is 5.91 Å². The average molecular weight is 596 g/mol. The summed E-state index contributed by atoms with van der Waals surface area (Å²) in [5, 5.41) is 20.9. The molecule has 228 valence electrons. The highest BCUT2D eigenvalue weighted by molar-refractivity contribution is 5.98. The van der Waals surface area contributed by atoms with Crippen LogP contribution < -0.4 is 15.4 Å². The number of aliphatic hydroxyl groups is 1. The summed E-state index contributed by atoms with van der Waals surface area (Å²) in [6.45, 7) is 1.26. The standard InChI is InChI=1S/C31H35F2N5O5/c1-37-21(8-10-35-37)17-38-16-20-14-26(38)31(41)34-15-29-27(39)7-4-22(43-29)9-11-42-28-12-18(2-5-24(28)30(40)36-20)23-6-3-19(32)13-25(23)33/h2-3,5-6,8,10,12-13,20,22,26-27,29,39H,4,7,9,11,14-17H2,1H3,(H,34,41)(H,36,40)/t20-,22-,26-,27-,29+/m0/s1. The number of rotatable bonds is 3. The van der Waals surface area contributed by atoms with Crippen LogP contribution in [0.4, 0.5) is 8.78 Å². The molecule has 12 heteroatoms. The van der Waals surface area contributed by atoms with E-state index in [-0.39, 0.29) is 54.0 Å². The number of aromatic nitrogens is 2. The van der Waals surface area contributed by atoms with Crippen LogP contribution in [0.3, 0.4) is 0 Å². The van der Waals surface area contributed by atoms with Crippen LogP contribution in [0.1, 0.15) is 41.7 Å². The van der Waals surface area contributed by atoms with Gasteiger partial charge in [0.1, 0.15) is 23.5 Å². The number of nitrogens with one attached hydrogen (secondary N) is 2. The molecule has 4 bridgehead atoms. The number of halogens is 2. The lowest BCUT2D eigenvalue weighted by atomic mass is 9.99. The number of carbonyl (C=O) groups excluding carboxylic acids is 2. The first-order valence-electron chi connectivity index (χ1n) is 14.6. The molecule has 0 aliphatic carbocycles. The summed E-state index contributed by atoms with van der Waals surface area (Å²) < 4.78 is 42.2. The highest BCUT2D eigenvalue weighted by atomic mass is 19.1. The van der Waals surface area contributed by atoms with Gasteiger partial charge < -0.3 is 25.2 Å². The Labute approximate surface area is 248 Å². The van der Waals surface area contributed by atoms with Gasteiger partial charge in [-0.15, -0.1) is 0 Å². The van der Waals surface area contributed by atoms with Crippen molar-refractivity contribution < 1.29 is 33.0 Å². The van der Waals surface area contributed by atoms with Crippen LogP contribution in [0.25, 0.3) is 11.1 Å². The Bertz CT molecular complexity index is 1500. The van der Waals surface area contributed by atoms with Gasteiger partial charge in [0.15, 0.2) is 0 Å². The van der Waals surface area contributed by atoms with Crippen LogP contribution in [0.2, 0.25) is 0 Å². The maximum atomic E-state index is 14.6. The lowest BCUT2D eigenvalue weighted by molar-refractivity contribution is -0.133. The second kappa shape index (κ2) is 12.4. The van der Waals surface area contributed by atoms with E-state index in [4.69, 9.17) is 9.47 Å². The van der Waals surface area contributed by atoms with Gasteiger partial charge in [-0.3, -0.25) is 19.2 Å². The third-order valence-corrected chi connectivity index (χ3v) is 8.55. The second-order valence-corrected chi connectivity index (χ2v) is 11.5. The van der Waals surface area contributed by atoms with E-state index in [1.54, 1.807) is 29.1 Å². The fourth-order valence-corrected chi connectivity index (χ4v) is 6.17. The van der Waals surface area contributed by atoms with E-state index in [9.17, 15) is 23.5 Å². The van der Waals surface area contributed by atoms with Crippen molar-refractivity contribution in [2.75, 3.05) is 19.7 Å². The van der Waals surface area contributed by atoms with Gasteiger partial charge in [0, 0.05) is 57.0 Å². The first-order valence-corrected chi connectivity index (χ1v) is 14.6. The molecular weight excluding hydrogens is 560 g/mol. The van der Waals surface area contributed by atoms with Crippen molar-refractivity contribution in [3.8, 4) is 16.9 Å². The van der Waals surface area contributed by atoms with Gasteiger partial charge in [-0.05, 0) is 55.2 Å². The Morgan fingerprint density at radius 3 is 2.70 bits per heavy atom. The SMILES string of the molecule is Cn1nccc1CN1C[C@@H]2C[C@H]1C(=O)NC[C@H]1O[C@H](CCOc3cc(-c4ccc(F)cc4F)ccc3C(=O)N2)CC[C@@H]1O. The molecule has 0 saturated carbocycles. The highest BCUT2D eigenvalue weighted by Crippen LogP contribution is 2.31. The number of ether oxygens (including phenoxy) is 2. The summed E-state index contributed by atoms with van der Waals surface area (Å²) in [5.41, 5.74) is 1.81. The molecule has 6 rings (SSSR count). The number of benzene rings is 2. The quantitative estimate of drug-likeness (QED) is 0.426. The summed E-state index contributed by atoms with van der Waals surface area (Å²) in [4.78, 5) is 29.1. The third kappa shape index (κ3) is 6.41. The maximum Gasteiger partial charge on any atom is 0.255 e. The zero-order valence-electron chi connectivity index (χ0n) is 23.8. The van der Waals surface area contributed by atoms with E-state index in [1.165, 1.54) is 12.1 Å². The van der Waals surface area contributed by atoms with E-state index in [1.807, 2.05) is 18.0 Å². The summed E-state index contributed by atoms with van der Waals surface area (Å²) in [6, 6.07) is 9.13. The molecule has 2 saturated heterocycles. The predicted molar refractivity (Wildman–Crippen MR) is 152 cm³/mol. The minimum atomic E-state index is -0.721. The molecule has 3 N–H and O–H groups in total. The van der Waals surface area contributed by atoms with Crippen LogP contribution in [-0.2, 0) is 23.1 Å². The molecule has 43 heavy (non-hydrogen) atoms. The van der Waals surface area contributed by atoms with Gasteiger partial charge in [-0.1, -0.05) is 6.07 Å². The molecule has 3 aliphatic rings. The fraction of sp³-hybridized carbons (Fsp3) is 0.452. The van der Waals surface area contributed by atoms with E-state index >= 15 is 0 Å². The summed E-state index contributed by atoms with van der Waals surface area (Å²) in [7, 11) is 1.84. The Hall–Kier alpha value is -3.87. The number of nitrogens with zero attached hydrogens (tertiary/aromatic N) is 3. The minimum absolute atomic E-state index is 0.167. The lowest BCUT2D eigenvalue weighted by Crippen LogP contribution is -2.50. The van der Waals surface area contributed by atoms with Gasteiger partial charge in [-0.2, -0.15) is 5.10 Å². The molecule has 3 aliphatic heterocycles. The first kappa shape index (κ1) is 29.2. The van der Waals surface area contributed by atoms with Gasteiger partial charge in [-0.25, -0.2) is 8.78 Å². The number of amides is 2. The largest absolute Gasteiger partial charge is 0.493 e. The zero-order chi connectivity index (χ0) is 30.1. The topological polar surface area (TPSA) is 118 Å². The van der Waals surface area contributed by atoms with Crippen LogP contribution in [0.5, 0.6) is 5.75 Å². The first-order chi connectivity index (χ1) is 20.7. The predicted octanol–water partition coefficient (Wildman–Crippen LogP) is 2.55. The monoisotopic (exact) mass is 595 g/mol. The molecule has 2 fully saturated rings. The molecule has 10 nitrogen and oxygen atoms in total. The number of aryl methyl sites for hydroxylation is 1. The number of fused-ring (bicyclic) bond motifs is 5. The molecule has 0 unspecified atom stereocenters. The zero-order valence-corrected chi connectivity index (χ0v) is 23.8. The Morgan fingerprint density at radius 2 is 1.91 bits per heavy atom. The van der Waals surface area contributed by atoms with Crippen LogP contribution in [0, 0.1) is 11.6 Å². The minimum Gasteiger partial charge on any atom is -0.493 e. The average Bonchev–Trinajstić information content (AvgIpc) is 3.57. The molecule has 5 atom stereocenters. The number of hydrogen-bond donors (Lipinski definition) is 3. The number of hydrogen-bond acceptors (Lipinski definition) is 7. The van der Waals surface area contributed by atoms with Crippen LogP contribution >= 0.6 is 0 Å². The maximum absolute atomic E-state index is 14.6. The second-order valence-electron chi connectivity index (χ2n) is 11.5. The molecule has 1 aromatic heterocycles. The van der Waals surface area contributed by atoms with Crippen molar-refractivity contribution in [1.29, 1.82) is 0 Å². The van der Waals surface area contributed by atoms with E-state index < -0.39 is 29.9 Å². The lowest BCUT2D eigenvalue weighted by Gasteiger charge is -2.34. The van der Waals surface area contributed by atoms with E-state index in [0.29, 0.717) is 44.3 Å². The highest BCUT2D eigenvalue weighted by Gasteiger charge is 2.39. The van der Waals surface area contributed by atoms with Crippen molar-refractivity contribution in [2.24, 2.45) is 7.05 Å². The molecular formula is C31H35F2N5O5. The molecule has 2 aromatic carbocycles. The number of likely N-dealkylation sites (tertiary alicyclic amines) is 1. The molecule has 3 aromatic rings. The number of carbonyl (C=O) groups is 2. The Kier molecular flexibility index (Phi) is 8.42. The Balaban J connectivity index is 1.31. The van der Waals surface area contributed by atoms with Gasteiger partial charge >= 0.3 is 0 Å². The fourth-order valence-electron chi connectivity index (χ4n) is 6.17. The van der Waals surface area contributed by atoms with Gasteiger partial charge in [0.2, 0.25) is 5.91 Å². The molecule has 0 spiro atoms. The number of aliphatic hydroxyl groups excluding tert-OH is 1. The smallest absolute Gasteiger partial charge is 0.255 e. The van der Waals surface area contributed by atoms with E-state index in [0.717, 1.165) is 11.8 Å². The molecule has 2 amide bonds. The van der Waals surface area contributed by atoms with Crippen molar-refractivity contribution in [2.45, 2.75) is 62.6 Å². The summed E-state index contributed by atoms with van der Waals surface area (Å²) >= 11 is 0. The Morgan fingerprint density at radius 1 is 1.07 bits per heavy atom. The molecule has 0 radical (unpaired) electrons. The van der Waals surface area contributed by atoms with Crippen LogP contribution in [-0.4, -0.2) is 81.7 Å². The third-order valence-electron chi connectivity index (χ3n) is 8.55. The van der Waals surface area contributed by atoms with Crippen molar-refractivity contribution in [1.82, 2.24) is 25.3 Å².